The van der Waals surface area contributed by atoms with Crippen LogP contribution in [-0.2, 0) is 0 Å². The predicted octanol–water partition coefficient (Wildman–Crippen LogP) is -0.251. The van der Waals surface area contributed by atoms with Gasteiger partial charge in [-0.3, -0.25) is 4.79 Å². The molecule has 1 aliphatic rings. The highest BCUT2D eigenvalue weighted by Gasteiger charge is 2.42. The molecular formula is C11H17N5O. The lowest BCUT2D eigenvalue weighted by Gasteiger charge is -2.50. The molecule has 2 heterocycles. The maximum Gasteiger partial charge on any atom is 0.269 e. The zero-order valence-corrected chi connectivity index (χ0v) is 10.1. The molecular weight excluding hydrogens is 218 g/mol. The summed E-state index contributed by atoms with van der Waals surface area (Å²) in [4.78, 5) is 12.9. The molecule has 0 aliphatic carbocycles. The van der Waals surface area contributed by atoms with Gasteiger partial charge in [-0.1, -0.05) is 13.8 Å². The number of nitrogens with two attached hydrogens (primary N) is 2. The first-order valence-electron chi connectivity index (χ1n) is 5.60. The average Bonchev–Trinajstić information content (AvgIpc) is 2.24. The van der Waals surface area contributed by atoms with Gasteiger partial charge in [0.15, 0.2) is 11.5 Å². The van der Waals surface area contributed by atoms with E-state index >= 15 is 0 Å². The van der Waals surface area contributed by atoms with E-state index in [1.54, 1.807) is 12.1 Å². The van der Waals surface area contributed by atoms with Gasteiger partial charge in [-0.05, 0) is 18.1 Å². The van der Waals surface area contributed by atoms with Crippen molar-refractivity contribution in [3.8, 4) is 0 Å². The minimum absolute atomic E-state index is 0.149. The van der Waals surface area contributed by atoms with E-state index in [0.717, 1.165) is 18.9 Å². The molecule has 1 aromatic rings. The summed E-state index contributed by atoms with van der Waals surface area (Å²) in [7, 11) is 0. The summed E-state index contributed by atoms with van der Waals surface area (Å²) in [5.41, 5.74) is 11.3. The van der Waals surface area contributed by atoms with Crippen LogP contribution in [0.1, 0.15) is 24.3 Å². The summed E-state index contributed by atoms with van der Waals surface area (Å²) in [6.45, 7) is 5.74. The van der Waals surface area contributed by atoms with Crippen LogP contribution in [0.2, 0.25) is 0 Å². The first-order valence-corrected chi connectivity index (χ1v) is 5.60. The van der Waals surface area contributed by atoms with E-state index in [9.17, 15) is 4.79 Å². The standard InChI is InChI=1S/C11H17N5O/c1-7(2)11(13)5-16(6-11)9-4-3-8(10(12)17)14-15-9/h3-4,7H,5-6,13H2,1-2H3,(H2,12,17). The van der Waals surface area contributed by atoms with Crippen LogP contribution in [0.4, 0.5) is 5.82 Å². The molecule has 6 heteroatoms. The smallest absolute Gasteiger partial charge is 0.269 e. The van der Waals surface area contributed by atoms with Gasteiger partial charge in [-0.2, -0.15) is 0 Å². The first kappa shape index (κ1) is 11.8. The second-order valence-corrected chi connectivity index (χ2v) is 4.88. The van der Waals surface area contributed by atoms with Crippen LogP contribution in [0, 0.1) is 5.92 Å². The molecule has 92 valence electrons. The minimum atomic E-state index is -0.567. The number of amides is 1. The lowest BCUT2D eigenvalue weighted by Crippen LogP contribution is -2.70. The fourth-order valence-corrected chi connectivity index (χ4v) is 1.82. The topological polar surface area (TPSA) is 98.1 Å². The summed E-state index contributed by atoms with van der Waals surface area (Å²) >= 11 is 0. The van der Waals surface area contributed by atoms with Crippen LogP contribution in [0.5, 0.6) is 0 Å². The van der Waals surface area contributed by atoms with Gasteiger partial charge in [0, 0.05) is 13.1 Å². The maximum absolute atomic E-state index is 10.8. The highest BCUT2D eigenvalue weighted by molar-refractivity contribution is 5.90. The number of anilines is 1. The Hall–Kier alpha value is -1.69. The monoisotopic (exact) mass is 235 g/mol. The minimum Gasteiger partial charge on any atom is -0.364 e. The lowest BCUT2D eigenvalue weighted by molar-refractivity contribution is 0.0994. The molecule has 1 fully saturated rings. The number of primary amides is 1. The van der Waals surface area contributed by atoms with Crippen molar-refractivity contribution in [2.45, 2.75) is 19.4 Å². The number of aromatic nitrogens is 2. The van der Waals surface area contributed by atoms with E-state index in [0.29, 0.717) is 5.92 Å². The Kier molecular flexibility index (Phi) is 2.74. The first-order chi connectivity index (χ1) is 7.92. The number of hydrogen-bond acceptors (Lipinski definition) is 5. The van der Waals surface area contributed by atoms with Crippen molar-refractivity contribution in [2.24, 2.45) is 17.4 Å². The molecule has 0 atom stereocenters. The summed E-state index contributed by atoms with van der Waals surface area (Å²) in [5.74, 6) is 0.594. The largest absolute Gasteiger partial charge is 0.364 e. The molecule has 17 heavy (non-hydrogen) atoms. The number of carbonyl (C=O) groups excluding carboxylic acids is 1. The molecule has 1 aliphatic heterocycles. The summed E-state index contributed by atoms with van der Waals surface area (Å²) < 4.78 is 0. The Morgan fingerprint density at radius 2 is 2.06 bits per heavy atom. The third-order valence-electron chi connectivity index (χ3n) is 3.35. The molecule has 0 aromatic carbocycles. The zero-order valence-electron chi connectivity index (χ0n) is 10.1. The molecule has 2 rings (SSSR count). The van der Waals surface area contributed by atoms with Crippen molar-refractivity contribution in [3.05, 3.63) is 17.8 Å². The predicted molar refractivity (Wildman–Crippen MR) is 64.5 cm³/mol. The molecule has 1 amide bonds. The molecule has 1 aromatic heterocycles. The van der Waals surface area contributed by atoms with E-state index in [1.165, 1.54) is 0 Å². The van der Waals surface area contributed by atoms with Crippen molar-refractivity contribution >= 4 is 11.7 Å². The molecule has 0 radical (unpaired) electrons. The second-order valence-electron chi connectivity index (χ2n) is 4.88. The highest BCUT2D eigenvalue weighted by Crippen LogP contribution is 2.29. The van der Waals surface area contributed by atoms with Crippen molar-refractivity contribution in [3.63, 3.8) is 0 Å². The van der Waals surface area contributed by atoms with E-state index in [4.69, 9.17) is 11.5 Å². The van der Waals surface area contributed by atoms with Gasteiger partial charge in [0.25, 0.3) is 5.91 Å². The third-order valence-corrected chi connectivity index (χ3v) is 3.35. The Morgan fingerprint density at radius 3 is 2.47 bits per heavy atom. The number of rotatable bonds is 3. The van der Waals surface area contributed by atoms with Crippen molar-refractivity contribution in [1.82, 2.24) is 10.2 Å². The van der Waals surface area contributed by atoms with Gasteiger partial charge < -0.3 is 16.4 Å². The number of carbonyl (C=O) groups is 1. The number of hydrogen-bond donors (Lipinski definition) is 2. The summed E-state index contributed by atoms with van der Waals surface area (Å²) in [6.07, 6.45) is 0. The summed E-state index contributed by atoms with van der Waals surface area (Å²) in [5, 5.41) is 7.73. The Balaban J connectivity index is 2.04. The van der Waals surface area contributed by atoms with Crippen molar-refractivity contribution in [1.29, 1.82) is 0 Å². The van der Waals surface area contributed by atoms with Gasteiger partial charge in [-0.25, -0.2) is 0 Å². The van der Waals surface area contributed by atoms with E-state index < -0.39 is 5.91 Å². The molecule has 4 N–H and O–H groups in total. The SMILES string of the molecule is CC(C)C1(N)CN(c2ccc(C(N)=O)nn2)C1. The van der Waals surface area contributed by atoms with E-state index in [-0.39, 0.29) is 11.2 Å². The Morgan fingerprint density at radius 1 is 1.41 bits per heavy atom. The fourth-order valence-electron chi connectivity index (χ4n) is 1.82. The van der Waals surface area contributed by atoms with Crippen LogP contribution in [0.15, 0.2) is 12.1 Å². The number of nitrogens with zero attached hydrogens (tertiary/aromatic N) is 3. The van der Waals surface area contributed by atoms with Crippen LogP contribution in [0.3, 0.4) is 0 Å². The normalized spacial score (nSPS) is 18.0. The molecule has 0 unspecified atom stereocenters. The molecule has 0 spiro atoms. The van der Waals surface area contributed by atoms with Gasteiger partial charge in [-0.15, -0.1) is 10.2 Å². The third kappa shape index (κ3) is 2.08. The molecule has 6 nitrogen and oxygen atoms in total. The van der Waals surface area contributed by atoms with Crippen LogP contribution in [-0.4, -0.2) is 34.7 Å². The van der Waals surface area contributed by atoms with Gasteiger partial charge in [0.1, 0.15) is 0 Å². The highest BCUT2D eigenvalue weighted by atomic mass is 16.1. The quantitative estimate of drug-likeness (QED) is 0.752. The lowest BCUT2D eigenvalue weighted by atomic mass is 9.80. The van der Waals surface area contributed by atoms with Crippen LogP contribution >= 0.6 is 0 Å². The second kappa shape index (κ2) is 3.96. The van der Waals surface area contributed by atoms with Crippen molar-refractivity contribution < 1.29 is 4.79 Å². The van der Waals surface area contributed by atoms with Gasteiger partial charge in [0.2, 0.25) is 0 Å². The maximum atomic E-state index is 10.8. The van der Waals surface area contributed by atoms with Crippen molar-refractivity contribution in [2.75, 3.05) is 18.0 Å². The van der Waals surface area contributed by atoms with Gasteiger partial charge in [0.05, 0.1) is 5.54 Å². The molecule has 1 saturated heterocycles. The van der Waals surface area contributed by atoms with Crippen LogP contribution in [0.25, 0.3) is 0 Å². The zero-order chi connectivity index (χ0) is 12.6. The van der Waals surface area contributed by atoms with E-state index in [1.807, 2.05) is 4.90 Å². The fraction of sp³-hybridized carbons (Fsp3) is 0.545. The van der Waals surface area contributed by atoms with Crippen LogP contribution < -0.4 is 16.4 Å². The molecule has 0 saturated carbocycles. The molecule has 0 bridgehead atoms. The van der Waals surface area contributed by atoms with Gasteiger partial charge >= 0.3 is 0 Å². The Labute approximate surface area is 100.0 Å². The van der Waals surface area contributed by atoms with E-state index in [2.05, 4.69) is 24.0 Å². The summed E-state index contributed by atoms with van der Waals surface area (Å²) in [6, 6.07) is 3.32. The Bertz CT molecular complexity index is 422. The average molecular weight is 235 g/mol.